The van der Waals surface area contributed by atoms with Crippen molar-refractivity contribution in [2.45, 2.75) is 185 Å². The Labute approximate surface area is 546 Å². The third kappa shape index (κ3) is 28.3. The standard InChI is InChI=1S/C60H99N19O15/c1-5-33(3)48(56(92)70-29-44(62)81)77-53(89)39(21-14-24-68-60(65)66)73-54(90)41(28-47(84)85)75-57(93)49(34(4)6-2)78-52(88)38(20-13-23-67-59(63)64)72-46(83)31-69-45(82)30-71-51(87)40(27-36-18-11-8-12-19-36)74-55(91)43-22-15-25-79(43)58(94)42(32-80)76-50(86)37(61)26-35-16-9-7-10-17-35/h7,9-10,16-17,33-34,36-43,48-49,80H,5-6,8,11-15,18-32,61H2,1-4H3,(H2,62,81)(H,69,82)(H,70,92)(H,71,87)(H,72,83)(H,73,90)(H,74,91)(H,75,93)(H,76,86)(H,77,89)(H,78,88)(H,84,85)(H4,63,64,67)(H4,65,66,68)/t33-,34-,37+,38-,39-,40-,41-,42-,43+,48-,49-/m0/s1. The van der Waals surface area contributed by atoms with Crippen LogP contribution in [0, 0.1) is 17.8 Å². The highest BCUT2D eigenvalue weighted by Crippen LogP contribution is 2.28. The summed E-state index contributed by atoms with van der Waals surface area (Å²) < 4.78 is 0. The lowest BCUT2D eigenvalue weighted by atomic mass is 9.84. The number of carbonyl (C=O) groups excluding carboxylic acids is 12. The lowest BCUT2D eigenvalue weighted by Crippen LogP contribution is -2.61. The zero-order valence-corrected chi connectivity index (χ0v) is 54.1. The number of aliphatic imine (C=N–C) groups is 2. The summed E-state index contributed by atoms with van der Waals surface area (Å²) in [5.74, 6) is -13.4. The second kappa shape index (κ2) is 41.4. The summed E-state index contributed by atoms with van der Waals surface area (Å²) in [5.41, 5.74) is 34.0. The molecule has 1 aromatic carbocycles. The molecular formula is C60H99N19O15. The number of rotatable bonds is 41. The number of guanidine groups is 2. The minimum atomic E-state index is -1.87. The van der Waals surface area contributed by atoms with Gasteiger partial charge in [0.1, 0.15) is 48.3 Å². The zero-order chi connectivity index (χ0) is 70.0. The van der Waals surface area contributed by atoms with Gasteiger partial charge in [-0.2, -0.15) is 0 Å². The fourth-order valence-electron chi connectivity index (χ4n) is 10.6. The van der Waals surface area contributed by atoms with Crippen LogP contribution >= 0.6 is 0 Å². The van der Waals surface area contributed by atoms with Crippen LogP contribution in [0.5, 0.6) is 0 Å². The van der Waals surface area contributed by atoms with E-state index < -0.39 is 176 Å². The molecule has 2 fully saturated rings. The van der Waals surface area contributed by atoms with E-state index in [9.17, 15) is 72.5 Å². The van der Waals surface area contributed by atoms with Gasteiger partial charge >= 0.3 is 5.97 Å². The van der Waals surface area contributed by atoms with Crippen molar-refractivity contribution in [3.05, 3.63) is 35.9 Å². The maximum absolute atomic E-state index is 14.2. The van der Waals surface area contributed by atoms with Crippen LogP contribution in [0.4, 0.5) is 0 Å². The van der Waals surface area contributed by atoms with E-state index in [1.165, 1.54) is 4.90 Å². The Morgan fingerprint density at radius 1 is 0.564 bits per heavy atom. The van der Waals surface area contributed by atoms with E-state index in [-0.39, 0.29) is 88.8 Å². The maximum atomic E-state index is 14.2. The molecule has 1 aromatic rings. The van der Waals surface area contributed by atoms with Crippen molar-refractivity contribution < 1.29 is 72.5 Å². The SMILES string of the molecule is CC[C@H](C)[C@H](NC(=O)[C@H](CCCN=C(N)N)NC(=O)[C@H](CC(=O)O)NC(=O)[C@@H](NC(=O)[C@H](CCCN=C(N)N)NC(=O)CNC(=O)CNC(=O)[C@H](CC1CCCCC1)NC(=O)[C@H]1CCCN1C(=O)[C@H](CO)NC(=O)[C@H](N)Cc1ccccc1)[C@@H](C)CC)C(=O)NCC(N)=O. The predicted molar refractivity (Wildman–Crippen MR) is 344 cm³/mol. The number of primary amides is 1. The van der Waals surface area contributed by atoms with Gasteiger partial charge in [-0.25, -0.2) is 0 Å². The number of nitrogens with zero attached hydrogens (tertiary/aromatic N) is 3. The highest BCUT2D eigenvalue weighted by Gasteiger charge is 2.41. The first-order valence-corrected chi connectivity index (χ1v) is 31.8. The average Bonchev–Trinajstić information content (AvgIpc) is 1.64. The molecular weight excluding hydrogens is 1230 g/mol. The number of aliphatic carboxylic acids is 1. The number of carboxylic acid groups (broad SMARTS) is 1. The summed E-state index contributed by atoms with van der Waals surface area (Å²) in [6, 6.07) is -3.21. The van der Waals surface area contributed by atoms with Crippen LogP contribution in [-0.2, 0) is 68.7 Å². The first-order valence-electron chi connectivity index (χ1n) is 31.8. The Balaban J connectivity index is 1.75. The van der Waals surface area contributed by atoms with Gasteiger partial charge in [0, 0.05) is 19.6 Å². The van der Waals surface area contributed by atoms with Crippen LogP contribution in [0.1, 0.15) is 130 Å². The number of nitrogens with two attached hydrogens (primary N) is 6. The van der Waals surface area contributed by atoms with Crippen LogP contribution in [0.15, 0.2) is 40.3 Å². The molecule has 1 aliphatic carbocycles. The lowest BCUT2D eigenvalue weighted by molar-refractivity contribution is -0.143. The van der Waals surface area contributed by atoms with E-state index in [1.54, 1.807) is 52.0 Å². The molecule has 94 heavy (non-hydrogen) atoms. The molecule has 2 aliphatic rings. The summed E-state index contributed by atoms with van der Waals surface area (Å²) >= 11 is 0. The summed E-state index contributed by atoms with van der Waals surface area (Å²) in [4.78, 5) is 184. The third-order valence-corrected chi connectivity index (χ3v) is 16.3. The highest BCUT2D eigenvalue weighted by atomic mass is 16.4. The summed E-state index contributed by atoms with van der Waals surface area (Å²) in [7, 11) is 0. The van der Waals surface area contributed by atoms with Crippen molar-refractivity contribution in [1.82, 2.24) is 58.1 Å². The Bertz CT molecular complexity index is 2800. The fraction of sp³-hybridized carbons (Fsp3) is 0.650. The first kappa shape index (κ1) is 79.0. The first-order chi connectivity index (χ1) is 44.6. The summed E-state index contributed by atoms with van der Waals surface area (Å²) in [6.45, 7) is 4.02. The summed E-state index contributed by atoms with van der Waals surface area (Å²) in [5, 5.41) is 45.1. The molecule has 0 bridgehead atoms. The molecule has 11 atom stereocenters. The van der Waals surface area contributed by atoms with E-state index in [4.69, 9.17) is 34.4 Å². The Morgan fingerprint density at radius 2 is 1.09 bits per heavy atom. The molecule has 12 amide bonds. The number of amides is 12. The number of benzene rings is 1. The molecule has 24 N–H and O–H groups in total. The number of nitrogens with one attached hydrogen (secondary N) is 10. The second-order valence-corrected chi connectivity index (χ2v) is 23.7. The highest BCUT2D eigenvalue weighted by molar-refractivity contribution is 5.99. The van der Waals surface area contributed by atoms with Crippen LogP contribution in [0.2, 0.25) is 0 Å². The van der Waals surface area contributed by atoms with Gasteiger partial charge in [0.05, 0.1) is 38.7 Å². The van der Waals surface area contributed by atoms with Gasteiger partial charge in [-0.1, -0.05) is 103 Å². The molecule has 34 heteroatoms. The van der Waals surface area contributed by atoms with Crippen molar-refractivity contribution >= 4 is 88.8 Å². The lowest BCUT2D eigenvalue weighted by Gasteiger charge is -2.31. The number of carbonyl (C=O) groups is 13. The Kier molecular flexibility index (Phi) is 34.8. The molecule has 34 nitrogen and oxygen atoms in total. The molecule has 0 aromatic heterocycles. The minimum Gasteiger partial charge on any atom is -0.481 e. The van der Waals surface area contributed by atoms with Gasteiger partial charge in [-0.3, -0.25) is 72.3 Å². The summed E-state index contributed by atoms with van der Waals surface area (Å²) in [6.07, 6.45) is 4.80. The predicted octanol–water partition coefficient (Wildman–Crippen LogP) is -5.59. The molecule has 1 saturated carbocycles. The van der Waals surface area contributed by atoms with Crippen LogP contribution in [-0.4, -0.2) is 204 Å². The minimum absolute atomic E-state index is 0.0116. The molecule has 0 radical (unpaired) electrons. The number of aliphatic hydroxyl groups is 1. The van der Waals surface area contributed by atoms with Crippen LogP contribution in [0.3, 0.4) is 0 Å². The third-order valence-electron chi connectivity index (χ3n) is 16.3. The Hall–Kier alpha value is -9.21. The quantitative estimate of drug-likeness (QED) is 0.0165. The van der Waals surface area contributed by atoms with Gasteiger partial charge in [0.2, 0.25) is 70.9 Å². The topological polar surface area (TPSA) is 567 Å². The van der Waals surface area contributed by atoms with Crippen molar-refractivity contribution in [3.8, 4) is 0 Å². The normalized spacial score (nSPS) is 16.9. The fourth-order valence-corrected chi connectivity index (χ4v) is 10.6. The zero-order valence-electron chi connectivity index (χ0n) is 54.1. The second-order valence-electron chi connectivity index (χ2n) is 23.7. The van der Waals surface area contributed by atoms with E-state index in [0.717, 1.165) is 37.7 Å². The van der Waals surface area contributed by atoms with E-state index in [0.29, 0.717) is 12.8 Å². The number of likely N-dealkylation sites (tertiary alicyclic amines) is 1. The van der Waals surface area contributed by atoms with Gasteiger partial charge in [-0.05, 0) is 74.7 Å². The molecule has 0 spiro atoms. The molecule has 1 saturated heterocycles. The van der Waals surface area contributed by atoms with Crippen LogP contribution < -0.4 is 87.6 Å². The van der Waals surface area contributed by atoms with Crippen molar-refractivity contribution in [2.75, 3.05) is 45.9 Å². The van der Waals surface area contributed by atoms with E-state index >= 15 is 0 Å². The van der Waals surface area contributed by atoms with Crippen LogP contribution in [0.25, 0.3) is 0 Å². The van der Waals surface area contributed by atoms with Gasteiger partial charge in [0.25, 0.3) is 0 Å². The molecule has 1 aliphatic heterocycles. The van der Waals surface area contributed by atoms with E-state index in [2.05, 4.69) is 63.2 Å². The maximum Gasteiger partial charge on any atom is 0.305 e. The smallest absolute Gasteiger partial charge is 0.305 e. The number of carboxylic acids is 1. The van der Waals surface area contributed by atoms with Crippen molar-refractivity contribution in [1.29, 1.82) is 0 Å². The molecule has 524 valence electrons. The number of hydrogen-bond acceptors (Lipinski definition) is 17. The monoisotopic (exact) mass is 1330 g/mol. The largest absolute Gasteiger partial charge is 0.481 e. The number of aliphatic hydroxyl groups excluding tert-OH is 1. The van der Waals surface area contributed by atoms with Crippen molar-refractivity contribution in [2.24, 2.45) is 62.1 Å². The van der Waals surface area contributed by atoms with Gasteiger partial charge in [0.15, 0.2) is 11.9 Å². The molecule has 1 heterocycles. The average molecular weight is 1330 g/mol. The molecule has 0 unspecified atom stereocenters. The molecule has 3 rings (SSSR count). The van der Waals surface area contributed by atoms with Crippen molar-refractivity contribution in [3.63, 3.8) is 0 Å². The van der Waals surface area contributed by atoms with Gasteiger partial charge in [-0.15, -0.1) is 0 Å². The number of hydrogen-bond donors (Lipinski definition) is 18. The Morgan fingerprint density at radius 3 is 1.63 bits per heavy atom. The van der Waals surface area contributed by atoms with E-state index in [1.807, 2.05) is 6.07 Å². The van der Waals surface area contributed by atoms with Gasteiger partial charge < -0.3 is 103 Å².